The second kappa shape index (κ2) is 8.14. The Balaban J connectivity index is 1.56. The Hall–Kier alpha value is -3.92. The first-order valence-corrected chi connectivity index (χ1v) is 12.4. The van der Waals surface area contributed by atoms with E-state index in [1.54, 1.807) is 7.11 Å². The Morgan fingerprint density at radius 1 is 0.706 bits per heavy atom. The minimum Gasteiger partial charge on any atom is -0.595 e. The van der Waals surface area contributed by atoms with Crippen LogP contribution in [0.1, 0.15) is 5.56 Å². The van der Waals surface area contributed by atoms with Crippen LogP contribution in [-0.2, 0) is 0 Å². The van der Waals surface area contributed by atoms with Crippen molar-refractivity contribution < 1.29 is 18.7 Å². The van der Waals surface area contributed by atoms with Crippen LogP contribution in [0.2, 0.25) is 0 Å². The molecule has 0 atom stereocenters. The van der Waals surface area contributed by atoms with Crippen molar-refractivity contribution >= 4 is 35.9 Å². The Bertz CT molecular complexity index is 1480. The van der Waals surface area contributed by atoms with Crippen LogP contribution in [0.4, 0.5) is 0 Å². The van der Waals surface area contributed by atoms with E-state index in [1.165, 1.54) is 6.21 Å². The van der Waals surface area contributed by atoms with E-state index in [0.717, 1.165) is 44.0 Å². The van der Waals surface area contributed by atoms with Crippen LogP contribution in [0, 0.1) is 0 Å². The Morgan fingerprint density at radius 2 is 1.24 bits per heavy atom. The lowest BCUT2D eigenvalue weighted by molar-refractivity contribution is -0.202. The summed E-state index contributed by atoms with van der Waals surface area (Å²) in [7, 11) is -2.32. The number of fused-ring (bicyclic) bond motifs is 7. The largest absolute Gasteiger partial charge is 0.595 e. The van der Waals surface area contributed by atoms with E-state index in [4.69, 9.17) is 13.8 Å². The van der Waals surface area contributed by atoms with E-state index in [0.29, 0.717) is 11.5 Å². The Kier molecular flexibility index (Phi) is 4.95. The summed E-state index contributed by atoms with van der Waals surface area (Å²) in [6.45, 7) is 0. The van der Waals surface area contributed by atoms with Gasteiger partial charge in [-0.05, 0) is 63.5 Å². The highest BCUT2D eigenvalue weighted by Crippen LogP contribution is 2.61. The van der Waals surface area contributed by atoms with Crippen molar-refractivity contribution in [1.29, 1.82) is 0 Å². The number of benzene rings is 5. The molecule has 1 aliphatic rings. The Labute approximate surface area is 197 Å². The topological polar surface area (TPSA) is 63.1 Å². The van der Waals surface area contributed by atoms with Gasteiger partial charge in [-0.2, -0.15) is 0 Å². The molecule has 0 bridgehead atoms. The van der Waals surface area contributed by atoms with Gasteiger partial charge in [-0.15, -0.1) is 0 Å². The third kappa shape index (κ3) is 3.56. The molecule has 1 heterocycles. The maximum Gasteiger partial charge on any atom is 0.455 e. The molecule has 5 aromatic carbocycles. The fraction of sp³-hybridized carbons (Fsp3) is 0.0357. The first-order valence-electron chi connectivity index (χ1n) is 10.9. The SMILES string of the molecule is COc1ccc(/C=N/[P+]2([O-])Oc3ccc4ccccc4c3-c3c(ccc4ccccc34)O2)cc1. The number of hydrogen-bond donors (Lipinski definition) is 0. The molecule has 34 heavy (non-hydrogen) atoms. The molecule has 0 N–H and O–H groups in total. The maximum absolute atomic E-state index is 13.9. The van der Waals surface area contributed by atoms with E-state index in [2.05, 4.69) is 4.76 Å². The maximum atomic E-state index is 13.9. The number of hydrogen-bond acceptors (Lipinski definition) is 5. The highest BCUT2D eigenvalue weighted by atomic mass is 31.2. The van der Waals surface area contributed by atoms with Crippen LogP contribution in [0.3, 0.4) is 0 Å². The summed E-state index contributed by atoms with van der Waals surface area (Å²) in [6, 6.07) is 31.0. The molecule has 0 aromatic heterocycles. The lowest BCUT2D eigenvalue weighted by Gasteiger charge is -2.20. The van der Waals surface area contributed by atoms with Gasteiger partial charge in [0, 0.05) is 11.1 Å². The second-order valence-corrected chi connectivity index (χ2v) is 9.52. The van der Waals surface area contributed by atoms with E-state index in [9.17, 15) is 4.89 Å². The second-order valence-electron chi connectivity index (χ2n) is 7.99. The van der Waals surface area contributed by atoms with Crippen LogP contribution in [0.5, 0.6) is 17.2 Å². The van der Waals surface area contributed by atoms with Crippen LogP contribution < -0.4 is 18.7 Å². The summed E-state index contributed by atoms with van der Waals surface area (Å²) in [5.74, 6) is 1.68. The minimum atomic E-state index is -3.92. The molecule has 166 valence electrons. The molecular weight excluding hydrogens is 445 g/mol. The van der Waals surface area contributed by atoms with E-state index < -0.39 is 8.09 Å². The quantitative estimate of drug-likeness (QED) is 0.223. The molecule has 0 saturated heterocycles. The van der Waals surface area contributed by atoms with Gasteiger partial charge in [0.2, 0.25) is 0 Å². The van der Waals surface area contributed by atoms with Crippen LogP contribution in [-0.4, -0.2) is 13.3 Å². The van der Waals surface area contributed by atoms with Crippen molar-refractivity contribution in [2.75, 3.05) is 7.11 Å². The van der Waals surface area contributed by atoms with Crippen molar-refractivity contribution in [3.05, 3.63) is 103 Å². The number of rotatable bonds is 3. The van der Waals surface area contributed by atoms with Gasteiger partial charge < -0.3 is 9.63 Å². The van der Waals surface area contributed by atoms with E-state index in [1.807, 2.05) is 97.1 Å². The molecule has 0 unspecified atom stereocenters. The lowest BCUT2D eigenvalue weighted by Crippen LogP contribution is -2.18. The highest BCUT2D eigenvalue weighted by molar-refractivity contribution is 7.58. The van der Waals surface area contributed by atoms with Crippen molar-refractivity contribution in [2.45, 2.75) is 0 Å². The lowest BCUT2D eigenvalue weighted by atomic mass is 9.92. The molecule has 5 nitrogen and oxygen atoms in total. The van der Waals surface area contributed by atoms with Gasteiger partial charge >= 0.3 is 8.09 Å². The molecule has 6 heteroatoms. The first-order chi connectivity index (χ1) is 16.6. The monoisotopic (exact) mass is 465 g/mol. The number of methoxy groups -OCH3 is 1. The van der Waals surface area contributed by atoms with Gasteiger partial charge in [0.25, 0.3) is 0 Å². The summed E-state index contributed by atoms with van der Waals surface area (Å²) in [5.41, 5.74) is 2.45. The van der Waals surface area contributed by atoms with Crippen LogP contribution in [0.15, 0.2) is 102 Å². The zero-order valence-corrected chi connectivity index (χ0v) is 19.2. The molecule has 6 rings (SSSR count). The highest BCUT2D eigenvalue weighted by Gasteiger charge is 2.39. The third-order valence-electron chi connectivity index (χ3n) is 5.92. The minimum absolute atomic E-state index is 0.476. The molecule has 0 fully saturated rings. The standard InChI is InChI=1S/C28H20NO4P/c1-31-22-14-10-19(11-15-22)18-29-34(30)32-25-16-12-20-6-2-4-8-23(20)27(25)28-24-9-5-3-7-21(24)13-17-26(28)33-34/h2-18H,1H3/b29-18+. The average molecular weight is 465 g/mol. The van der Waals surface area contributed by atoms with Gasteiger partial charge in [0.15, 0.2) is 11.5 Å². The molecule has 0 spiro atoms. The summed E-state index contributed by atoms with van der Waals surface area (Å²) in [5, 5.41) is 4.10. The Morgan fingerprint density at radius 3 is 1.76 bits per heavy atom. The summed E-state index contributed by atoms with van der Waals surface area (Å²) in [6.07, 6.45) is 1.51. The van der Waals surface area contributed by atoms with Crippen molar-refractivity contribution in [3.8, 4) is 28.4 Å². The molecule has 0 saturated carbocycles. The molecule has 0 amide bonds. The zero-order chi connectivity index (χ0) is 23.1. The smallest absolute Gasteiger partial charge is 0.455 e. The molecular formula is C28H20NO4P. The van der Waals surface area contributed by atoms with Gasteiger partial charge in [-0.1, -0.05) is 65.4 Å². The number of ether oxygens (including phenoxy) is 1. The van der Waals surface area contributed by atoms with Crippen molar-refractivity contribution in [1.82, 2.24) is 0 Å². The van der Waals surface area contributed by atoms with Crippen molar-refractivity contribution in [3.63, 3.8) is 0 Å². The van der Waals surface area contributed by atoms with E-state index in [-0.39, 0.29) is 0 Å². The zero-order valence-electron chi connectivity index (χ0n) is 18.3. The van der Waals surface area contributed by atoms with Gasteiger partial charge in [-0.25, -0.2) is 0 Å². The molecule has 1 aliphatic heterocycles. The normalized spacial score (nSPS) is 14.2. The number of nitrogens with zero attached hydrogens (tertiary/aromatic N) is 1. The predicted octanol–water partition coefficient (Wildman–Crippen LogP) is 6.60. The van der Waals surface area contributed by atoms with Crippen molar-refractivity contribution in [2.24, 2.45) is 4.76 Å². The molecule has 0 radical (unpaired) electrons. The molecule has 5 aromatic rings. The van der Waals surface area contributed by atoms with Gasteiger partial charge in [0.05, 0.1) is 13.3 Å². The third-order valence-corrected chi connectivity index (χ3v) is 7.18. The molecule has 0 aliphatic carbocycles. The predicted molar refractivity (Wildman–Crippen MR) is 136 cm³/mol. The van der Waals surface area contributed by atoms with Crippen LogP contribution >= 0.6 is 8.09 Å². The average Bonchev–Trinajstić information content (AvgIpc) is 3.01. The first kappa shape index (κ1) is 20.7. The summed E-state index contributed by atoms with van der Waals surface area (Å²) < 4.78 is 21.6. The van der Waals surface area contributed by atoms with Crippen LogP contribution in [0.25, 0.3) is 32.7 Å². The fourth-order valence-electron chi connectivity index (χ4n) is 4.31. The van der Waals surface area contributed by atoms with Gasteiger partial charge in [-0.3, -0.25) is 9.05 Å². The fourth-order valence-corrected chi connectivity index (χ4v) is 5.52. The van der Waals surface area contributed by atoms with E-state index >= 15 is 0 Å². The summed E-state index contributed by atoms with van der Waals surface area (Å²) >= 11 is 0. The van der Waals surface area contributed by atoms with Gasteiger partial charge in [0.1, 0.15) is 5.75 Å². The summed E-state index contributed by atoms with van der Waals surface area (Å²) in [4.78, 5) is 13.9.